The van der Waals surface area contributed by atoms with E-state index in [0.717, 1.165) is 35.8 Å². The van der Waals surface area contributed by atoms with E-state index in [9.17, 15) is 0 Å². The molecule has 0 aromatic heterocycles. The third-order valence-electron chi connectivity index (χ3n) is 2.50. The van der Waals surface area contributed by atoms with Crippen LogP contribution in [0.15, 0.2) is 18.2 Å². The van der Waals surface area contributed by atoms with E-state index in [1.54, 1.807) is 0 Å². The molecule has 0 radical (unpaired) electrons. The number of nitrogens with one attached hydrogen (secondary N) is 1. The van der Waals surface area contributed by atoms with Crippen LogP contribution < -0.4 is 5.32 Å². The van der Waals surface area contributed by atoms with Crippen molar-refractivity contribution in [2.75, 3.05) is 19.7 Å². The average Bonchev–Trinajstić information content (AvgIpc) is 2.23. The summed E-state index contributed by atoms with van der Waals surface area (Å²) in [5, 5.41) is 4.13. The van der Waals surface area contributed by atoms with Gasteiger partial charge in [-0.1, -0.05) is 29.8 Å². The van der Waals surface area contributed by atoms with Crippen molar-refractivity contribution in [3.63, 3.8) is 0 Å². The van der Waals surface area contributed by atoms with Crippen LogP contribution in [0, 0.1) is 6.92 Å². The van der Waals surface area contributed by atoms with Crippen LogP contribution in [0.25, 0.3) is 0 Å². The van der Waals surface area contributed by atoms with Gasteiger partial charge in [0.1, 0.15) is 0 Å². The molecule has 1 fully saturated rings. The molecule has 1 N–H and O–H groups in total. The van der Waals surface area contributed by atoms with Crippen LogP contribution in [0.4, 0.5) is 0 Å². The van der Waals surface area contributed by atoms with Crippen LogP contribution in [-0.2, 0) is 4.74 Å². The third kappa shape index (κ3) is 1.92. The van der Waals surface area contributed by atoms with Gasteiger partial charge >= 0.3 is 0 Å². The molecule has 1 saturated heterocycles. The fraction of sp³-hybridized carbons (Fsp3) is 0.455. The van der Waals surface area contributed by atoms with Crippen LogP contribution in [0.2, 0.25) is 5.02 Å². The molecule has 1 unspecified atom stereocenters. The maximum Gasteiger partial charge on any atom is 0.0964 e. The second kappa shape index (κ2) is 4.30. The quantitative estimate of drug-likeness (QED) is 0.770. The van der Waals surface area contributed by atoms with Gasteiger partial charge in [0, 0.05) is 23.7 Å². The maximum absolute atomic E-state index is 6.22. The summed E-state index contributed by atoms with van der Waals surface area (Å²) in [6.45, 7) is 4.56. The number of hydrogen-bond acceptors (Lipinski definition) is 2. The highest BCUT2D eigenvalue weighted by Gasteiger charge is 2.18. The average molecular weight is 212 g/mol. The van der Waals surface area contributed by atoms with Gasteiger partial charge in [-0.3, -0.25) is 0 Å². The first kappa shape index (κ1) is 9.97. The SMILES string of the molecule is Cc1cccc(C2CNCCO2)c1Cl. The van der Waals surface area contributed by atoms with Gasteiger partial charge in [0.25, 0.3) is 0 Å². The van der Waals surface area contributed by atoms with Gasteiger partial charge in [-0.25, -0.2) is 0 Å². The lowest BCUT2D eigenvalue weighted by Crippen LogP contribution is -2.33. The zero-order valence-electron chi connectivity index (χ0n) is 8.22. The Morgan fingerprint density at radius 2 is 2.36 bits per heavy atom. The van der Waals surface area contributed by atoms with Gasteiger partial charge in [-0.2, -0.15) is 0 Å². The van der Waals surface area contributed by atoms with Crippen LogP contribution in [0.5, 0.6) is 0 Å². The molecule has 0 aliphatic carbocycles. The highest BCUT2D eigenvalue weighted by Crippen LogP contribution is 2.28. The first-order chi connectivity index (χ1) is 6.79. The van der Waals surface area contributed by atoms with E-state index in [1.807, 2.05) is 25.1 Å². The number of halogens is 1. The molecule has 2 rings (SSSR count). The van der Waals surface area contributed by atoms with Crippen molar-refractivity contribution in [3.05, 3.63) is 34.3 Å². The smallest absolute Gasteiger partial charge is 0.0964 e. The minimum Gasteiger partial charge on any atom is -0.371 e. The molecule has 0 bridgehead atoms. The van der Waals surface area contributed by atoms with Crippen molar-refractivity contribution in [2.24, 2.45) is 0 Å². The van der Waals surface area contributed by atoms with E-state index >= 15 is 0 Å². The molecule has 14 heavy (non-hydrogen) atoms. The summed E-state index contributed by atoms with van der Waals surface area (Å²) in [5.74, 6) is 0. The fourth-order valence-electron chi connectivity index (χ4n) is 1.68. The van der Waals surface area contributed by atoms with Crippen LogP contribution >= 0.6 is 11.6 Å². The Morgan fingerprint density at radius 1 is 1.50 bits per heavy atom. The molecule has 1 atom stereocenters. The van der Waals surface area contributed by atoms with E-state index in [2.05, 4.69) is 5.32 Å². The largest absolute Gasteiger partial charge is 0.371 e. The van der Waals surface area contributed by atoms with E-state index in [0.29, 0.717) is 0 Å². The summed E-state index contributed by atoms with van der Waals surface area (Å²) >= 11 is 6.22. The zero-order valence-corrected chi connectivity index (χ0v) is 8.97. The molecule has 1 aliphatic rings. The van der Waals surface area contributed by atoms with Crippen LogP contribution in [0.1, 0.15) is 17.2 Å². The molecule has 0 spiro atoms. The van der Waals surface area contributed by atoms with E-state index in [1.165, 1.54) is 0 Å². The monoisotopic (exact) mass is 211 g/mol. The van der Waals surface area contributed by atoms with Crippen molar-refractivity contribution in [2.45, 2.75) is 13.0 Å². The molecule has 1 aliphatic heterocycles. The maximum atomic E-state index is 6.22. The van der Waals surface area contributed by atoms with E-state index in [4.69, 9.17) is 16.3 Å². The molecule has 1 aromatic carbocycles. The summed E-state index contributed by atoms with van der Waals surface area (Å²) in [5.41, 5.74) is 2.21. The van der Waals surface area contributed by atoms with E-state index < -0.39 is 0 Å². The highest BCUT2D eigenvalue weighted by molar-refractivity contribution is 6.32. The van der Waals surface area contributed by atoms with Crippen molar-refractivity contribution >= 4 is 11.6 Å². The molecule has 0 amide bonds. The van der Waals surface area contributed by atoms with E-state index in [-0.39, 0.29) is 6.10 Å². The summed E-state index contributed by atoms with van der Waals surface area (Å²) in [4.78, 5) is 0. The lowest BCUT2D eigenvalue weighted by atomic mass is 10.1. The Morgan fingerprint density at radius 3 is 3.07 bits per heavy atom. The molecular formula is C11H14ClNO. The fourth-order valence-corrected chi connectivity index (χ4v) is 1.93. The zero-order chi connectivity index (χ0) is 9.97. The van der Waals surface area contributed by atoms with Crippen LogP contribution in [-0.4, -0.2) is 19.7 Å². The Hall–Kier alpha value is -0.570. The van der Waals surface area contributed by atoms with Gasteiger partial charge in [0.2, 0.25) is 0 Å². The van der Waals surface area contributed by atoms with Gasteiger partial charge < -0.3 is 10.1 Å². The molecule has 76 valence electrons. The summed E-state index contributed by atoms with van der Waals surface area (Å²) in [6.07, 6.45) is 0.108. The number of aryl methyl sites for hydroxylation is 1. The summed E-state index contributed by atoms with van der Waals surface area (Å²) in [6, 6.07) is 6.07. The van der Waals surface area contributed by atoms with Gasteiger partial charge in [-0.05, 0) is 12.5 Å². The number of rotatable bonds is 1. The first-order valence-electron chi connectivity index (χ1n) is 4.86. The first-order valence-corrected chi connectivity index (χ1v) is 5.24. The number of ether oxygens (including phenoxy) is 1. The molecule has 3 heteroatoms. The number of morpholine rings is 1. The van der Waals surface area contributed by atoms with Gasteiger partial charge in [-0.15, -0.1) is 0 Å². The third-order valence-corrected chi connectivity index (χ3v) is 3.01. The lowest BCUT2D eigenvalue weighted by molar-refractivity contribution is 0.0277. The minimum atomic E-state index is 0.108. The Labute approximate surface area is 89.2 Å². The van der Waals surface area contributed by atoms with Crippen molar-refractivity contribution in [1.82, 2.24) is 5.32 Å². The molecule has 1 heterocycles. The summed E-state index contributed by atoms with van der Waals surface area (Å²) in [7, 11) is 0. The molecule has 2 nitrogen and oxygen atoms in total. The second-order valence-electron chi connectivity index (χ2n) is 3.54. The minimum absolute atomic E-state index is 0.108. The van der Waals surface area contributed by atoms with Crippen molar-refractivity contribution in [3.8, 4) is 0 Å². The number of hydrogen-bond donors (Lipinski definition) is 1. The number of benzene rings is 1. The Kier molecular flexibility index (Phi) is 3.06. The Bertz CT molecular complexity index is 321. The van der Waals surface area contributed by atoms with Crippen LogP contribution in [0.3, 0.4) is 0 Å². The second-order valence-corrected chi connectivity index (χ2v) is 3.92. The predicted octanol–water partition coefficient (Wildman–Crippen LogP) is 2.31. The summed E-state index contributed by atoms with van der Waals surface area (Å²) < 4.78 is 5.65. The lowest BCUT2D eigenvalue weighted by Gasteiger charge is -2.25. The van der Waals surface area contributed by atoms with Gasteiger partial charge in [0.05, 0.1) is 12.7 Å². The molecular weight excluding hydrogens is 198 g/mol. The normalized spacial score (nSPS) is 22.3. The van der Waals surface area contributed by atoms with Crippen molar-refractivity contribution in [1.29, 1.82) is 0 Å². The molecule has 1 aromatic rings. The Balaban J connectivity index is 2.26. The van der Waals surface area contributed by atoms with Crippen molar-refractivity contribution < 1.29 is 4.74 Å². The van der Waals surface area contributed by atoms with Gasteiger partial charge in [0.15, 0.2) is 0 Å². The predicted molar refractivity (Wildman–Crippen MR) is 57.8 cm³/mol. The standard InChI is InChI=1S/C11H14ClNO/c1-8-3-2-4-9(11(8)12)10-7-13-5-6-14-10/h2-4,10,13H,5-7H2,1H3. The molecule has 0 saturated carbocycles. The topological polar surface area (TPSA) is 21.3 Å². The highest BCUT2D eigenvalue weighted by atomic mass is 35.5.